The fourth-order valence-electron chi connectivity index (χ4n) is 1.51. The summed E-state index contributed by atoms with van der Waals surface area (Å²) in [6.07, 6.45) is 1.08. The molecule has 0 atom stereocenters. The van der Waals surface area contributed by atoms with E-state index < -0.39 is 0 Å². The number of hydrogen-bond acceptors (Lipinski definition) is 4. The molecule has 108 valence electrons. The van der Waals surface area contributed by atoms with E-state index in [0.717, 1.165) is 29.5 Å². The van der Waals surface area contributed by atoms with Gasteiger partial charge in [0, 0.05) is 11.0 Å². The van der Waals surface area contributed by atoms with Crippen molar-refractivity contribution in [1.29, 1.82) is 5.26 Å². The Bertz CT molecular complexity index is 486. The Balaban J connectivity index is 2.52. The van der Waals surface area contributed by atoms with Gasteiger partial charge in [-0.25, -0.2) is 0 Å². The molecule has 0 saturated carbocycles. The van der Waals surface area contributed by atoms with Crippen molar-refractivity contribution in [3.05, 3.63) is 28.2 Å². The van der Waals surface area contributed by atoms with E-state index in [0.29, 0.717) is 5.75 Å². The summed E-state index contributed by atoms with van der Waals surface area (Å²) in [4.78, 5) is 11.3. The number of hydrogen-bond donors (Lipinski definition) is 2. The zero-order valence-electron chi connectivity index (χ0n) is 11.4. The van der Waals surface area contributed by atoms with Crippen LogP contribution in [0.5, 0.6) is 5.75 Å². The van der Waals surface area contributed by atoms with Crippen LogP contribution in [0.4, 0.5) is 0 Å². The van der Waals surface area contributed by atoms with Gasteiger partial charge in [-0.1, -0.05) is 22.9 Å². The summed E-state index contributed by atoms with van der Waals surface area (Å²) >= 11 is 3.49. The second kappa shape index (κ2) is 9.34. The van der Waals surface area contributed by atoms with Crippen molar-refractivity contribution in [3.8, 4) is 11.8 Å². The Morgan fingerprint density at radius 1 is 1.50 bits per heavy atom. The number of amides is 1. The first-order valence-electron chi connectivity index (χ1n) is 6.43. The number of nitriles is 1. The maximum absolute atomic E-state index is 11.3. The predicted octanol–water partition coefficient (Wildman–Crippen LogP) is 1.97. The highest BCUT2D eigenvalue weighted by atomic mass is 79.9. The predicted molar refractivity (Wildman–Crippen MR) is 80.3 cm³/mol. The molecule has 0 bridgehead atoms. The highest BCUT2D eigenvalue weighted by Gasteiger charge is 2.05. The molecular formula is C14H18BrN3O2. The molecule has 5 nitrogen and oxygen atoms in total. The molecule has 0 spiro atoms. The van der Waals surface area contributed by atoms with Gasteiger partial charge in [-0.05, 0) is 36.7 Å². The van der Waals surface area contributed by atoms with E-state index >= 15 is 0 Å². The normalized spacial score (nSPS) is 9.85. The van der Waals surface area contributed by atoms with E-state index in [2.05, 4.69) is 33.5 Å². The smallest absolute Gasteiger partial charge is 0.258 e. The van der Waals surface area contributed by atoms with Crippen LogP contribution in [-0.4, -0.2) is 25.6 Å². The Morgan fingerprint density at radius 2 is 2.30 bits per heavy atom. The van der Waals surface area contributed by atoms with Crippen LogP contribution in [0.15, 0.2) is 22.7 Å². The van der Waals surface area contributed by atoms with E-state index in [-0.39, 0.29) is 19.1 Å². The third-order valence-corrected chi connectivity index (χ3v) is 3.27. The van der Waals surface area contributed by atoms with Gasteiger partial charge in [0.25, 0.3) is 5.91 Å². The van der Waals surface area contributed by atoms with Crippen LogP contribution in [0.2, 0.25) is 0 Å². The summed E-state index contributed by atoms with van der Waals surface area (Å²) in [6, 6.07) is 7.42. The quantitative estimate of drug-likeness (QED) is 0.561. The van der Waals surface area contributed by atoms with Crippen LogP contribution in [0.3, 0.4) is 0 Å². The molecule has 20 heavy (non-hydrogen) atoms. The highest BCUT2D eigenvalue weighted by Crippen LogP contribution is 2.22. The van der Waals surface area contributed by atoms with E-state index in [1.165, 1.54) is 0 Å². The van der Waals surface area contributed by atoms with Gasteiger partial charge in [-0.3, -0.25) is 4.79 Å². The number of nitrogens with zero attached hydrogens (tertiary/aromatic N) is 1. The fourth-order valence-corrected chi connectivity index (χ4v) is 1.90. The van der Waals surface area contributed by atoms with Crippen molar-refractivity contribution < 1.29 is 9.53 Å². The molecule has 1 aromatic rings. The van der Waals surface area contributed by atoms with Crippen molar-refractivity contribution in [2.45, 2.75) is 19.9 Å². The standard InChI is InChI=1S/C14H18BrN3O2/c1-2-6-17-9-11-8-12(3-4-13(11)15)20-10-14(19)18-7-5-16/h3-4,8,17H,2,6-7,9-10H2,1H3,(H,18,19). The molecule has 6 heteroatoms. The first-order chi connectivity index (χ1) is 9.67. The fraction of sp³-hybridized carbons (Fsp3) is 0.429. The molecule has 1 rings (SSSR count). The Morgan fingerprint density at radius 3 is 3.00 bits per heavy atom. The lowest BCUT2D eigenvalue weighted by atomic mass is 10.2. The Hall–Kier alpha value is -1.58. The topological polar surface area (TPSA) is 74.2 Å². The summed E-state index contributed by atoms with van der Waals surface area (Å²) < 4.78 is 6.40. The number of carbonyl (C=O) groups excluding carboxylic acids is 1. The van der Waals surface area contributed by atoms with Gasteiger partial charge in [0.1, 0.15) is 12.3 Å². The lowest BCUT2D eigenvalue weighted by molar-refractivity contribution is -0.122. The molecule has 0 saturated heterocycles. The maximum Gasteiger partial charge on any atom is 0.258 e. The van der Waals surface area contributed by atoms with Crippen molar-refractivity contribution in [2.24, 2.45) is 0 Å². The maximum atomic E-state index is 11.3. The average molecular weight is 340 g/mol. The van der Waals surface area contributed by atoms with Crippen molar-refractivity contribution in [1.82, 2.24) is 10.6 Å². The third-order valence-electron chi connectivity index (χ3n) is 2.49. The number of rotatable bonds is 8. The first kappa shape index (κ1) is 16.5. The zero-order chi connectivity index (χ0) is 14.8. The SMILES string of the molecule is CCCNCc1cc(OCC(=O)NCC#N)ccc1Br. The highest BCUT2D eigenvalue weighted by molar-refractivity contribution is 9.10. The van der Waals surface area contributed by atoms with Crippen molar-refractivity contribution in [3.63, 3.8) is 0 Å². The largest absolute Gasteiger partial charge is 0.484 e. The molecule has 1 amide bonds. The molecule has 0 fully saturated rings. The third kappa shape index (κ3) is 6.04. The van der Waals surface area contributed by atoms with E-state index in [4.69, 9.17) is 10.00 Å². The van der Waals surface area contributed by atoms with Gasteiger partial charge >= 0.3 is 0 Å². The first-order valence-corrected chi connectivity index (χ1v) is 7.22. The lowest BCUT2D eigenvalue weighted by Gasteiger charge is -2.10. The van der Waals surface area contributed by atoms with Gasteiger partial charge in [0.05, 0.1) is 6.07 Å². The number of halogens is 1. The lowest BCUT2D eigenvalue weighted by Crippen LogP contribution is -2.29. The van der Waals surface area contributed by atoms with Crippen LogP contribution in [0, 0.1) is 11.3 Å². The van der Waals surface area contributed by atoms with Crippen LogP contribution >= 0.6 is 15.9 Å². The van der Waals surface area contributed by atoms with Gasteiger partial charge in [0.15, 0.2) is 6.61 Å². The number of benzene rings is 1. The summed E-state index contributed by atoms with van der Waals surface area (Å²) in [5.74, 6) is 0.328. The number of ether oxygens (including phenoxy) is 1. The molecule has 0 unspecified atom stereocenters. The molecule has 2 N–H and O–H groups in total. The minimum absolute atomic E-state index is 0.00524. The molecule has 1 aromatic carbocycles. The van der Waals surface area contributed by atoms with Gasteiger partial charge in [-0.2, -0.15) is 5.26 Å². The minimum atomic E-state index is -0.305. The molecule has 0 aliphatic carbocycles. The number of nitrogens with one attached hydrogen (secondary N) is 2. The van der Waals surface area contributed by atoms with E-state index in [9.17, 15) is 4.79 Å². The van der Waals surface area contributed by atoms with Gasteiger partial charge in [-0.15, -0.1) is 0 Å². The summed E-state index contributed by atoms with van der Waals surface area (Å²) in [7, 11) is 0. The van der Waals surface area contributed by atoms with Crippen LogP contribution in [0.25, 0.3) is 0 Å². The molecule has 0 heterocycles. The second-order valence-corrected chi connectivity index (χ2v) is 5.01. The monoisotopic (exact) mass is 339 g/mol. The van der Waals surface area contributed by atoms with E-state index in [1.54, 1.807) is 6.07 Å². The van der Waals surface area contributed by atoms with Crippen LogP contribution < -0.4 is 15.4 Å². The number of carbonyl (C=O) groups is 1. The molecule has 0 aliphatic heterocycles. The Kier molecular flexibility index (Phi) is 7.70. The van der Waals surface area contributed by atoms with Crippen molar-refractivity contribution >= 4 is 21.8 Å². The van der Waals surface area contributed by atoms with Gasteiger partial charge in [0.2, 0.25) is 0 Å². The van der Waals surface area contributed by atoms with E-state index in [1.807, 2.05) is 18.2 Å². The van der Waals surface area contributed by atoms with Gasteiger partial charge < -0.3 is 15.4 Å². The van der Waals surface area contributed by atoms with Crippen LogP contribution in [-0.2, 0) is 11.3 Å². The zero-order valence-corrected chi connectivity index (χ0v) is 13.0. The summed E-state index contributed by atoms with van der Waals surface area (Å²) in [5, 5.41) is 14.1. The Labute approximate surface area is 127 Å². The van der Waals surface area contributed by atoms with Crippen molar-refractivity contribution in [2.75, 3.05) is 19.7 Å². The molecule has 0 radical (unpaired) electrons. The molecular weight excluding hydrogens is 322 g/mol. The summed E-state index contributed by atoms with van der Waals surface area (Å²) in [5.41, 5.74) is 1.08. The molecule has 0 aromatic heterocycles. The summed E-state index contributed by atoms with van der Waals surface area (Å²) in [6.45, 7) is 3.71. The van der Waals surface area contributed by atoms with Crippen LogP contribution in [0.1, 0.15) is 18.9 Å². The minimum Gasteiger partial charge on any atom is -0.484 e. The molecule has 0 aliphatic rings. The second-order valence-electron chi connectivity index (χ2n) is 4.15. The average Bonchev–Trinajstić information content (AvgIpc) is 2.45.